The average Bonchev–Trinajstić information content (AvgIpc) is 2.99. The Morgan fingerprint density at radius 3 is 2.08 bits per heavy atom. The molecule has 5 aliphatic carbocycles. The first kappa shape index (κ1) is 26.7. The van der Waals surface area contributed by atoms with E-state index in [4.69, 9.17) is 9.47 Å². The molecule has 6 heteroatoms. The van der Waals surface area contributed by atoms with Crippen LogP contribution in [0.5, 0.6) is 0 Å². The quantitative estimate of drug-likeness (QED) is 0.253. The highest BCUT2D eigenvalue weighted by atomic mass is 16.5. The Kier molecular flexibility index (Phi) is 6.55. The van der Waals surface area contributed by atoms with Crippen LogP contribution >= 0.6 is 0 Å². The number of carbonyl (C=O) groups is 4. The summed E-state index contributed by atoms with van der Waals surface area (Å²) < 4.78 is 12.0. The molecule has 2 unspecified atom stereocenters. The van der Waals surface area contributed by atoms with Gasteiger partial charge >= 0.3 is 11.9 Å². The van der Waals surface area contributed by atoms with Gasteiger partial charge in [-0.1, -0.05) is 56.3 Å². The van der Waals surface area contributed by atoms with E-state index in [1.54, 1.807) is 48.5 Å². The topological polar surface area (TPSA) is 86.7 Å². The van der Waals surface area contributed by atoms with Gasteiger partial charge < -0.3 is 9.47 Å². The summed E-state index contributed by atoms with van der Waals surface area (Å²) in [5.41, 5.74) is -0.615. The minimum Gasteiger partial charge on any atom is -0.462 e. The first-order valence-electron chi connectivity index (χ1n) is 14.4. The molecular weight excluding hydrogens is 504 g/mol. The van der Waals surface area contributed by atoms with Crippen molar-refractivity contribution in [2.75, 3.05) is 13.2 Å². The SMILES string of the molecule is C=C1C(=O)[C@]23CC[C@H]1CC2[C@]1(COC(=O)c2ccccc2)CCC[C@@](C)(COC(=O)c2ccccc2)C1CC3=O. The molecule has 7 rings (SSSR count). The van der Waals surface area contributed by atoms with Gasteiger partial charge in [0.25, 0.3) is 0 Å². The van der Waals surface area contributed by atoms with E-state index >= 15 is 0 Å². The van der Waals surface area contributed by atoms with E-state index in [2.05, 4.69) is 13.5 Å². The van der Waals surface area contributed by atoms with Crippen LogP contribution in [0, 0.1) is 34.0 Å². The maximum Gasteiger partial charge on any atom is 0.338 e. The van der Waals surface area contributed by atoms with Gasteiger partial charge in [0.1, 0.15) is 5.78 Å². The summed E-state index contributed by atoms with van der Waals surface area (Å²) in [6, 6.07) is 17.8. The second-order valence-electron chi connectivity index (χ2n) is 12.7. The molecule has 0 N–H and O–H groups in total. The minimum absolute atomic E-state index is 0.0145. The average molecular weight is 541 g/mol. The maximum atomic E-state index is 14.1. The zero-order chi connectivity index (χ0) is 28.1. The third-order valence-electron chi connectivity index (χ3n) is 10.7. The lowest BCUT2D eigenvalue weighted by Gasteiger charge is -2.66. The molecule has 0 aromatic heterocycles. The summed E-state index contributed by atoms with van der Waals surface area (Å²) in [7, 11) is 0. The number of Topliss-reactive ketones (excluding diaryl/α,β-unsaturated/α-hetero) is 2. The molecular formula is C34H36O6. The van der Waals surface area contributed by atoms with Crippen molar-refractivity contribution in [3.8, 4) is 0 Å². The molecule has 2 aromatic rings. The summed E-state index contributed by atoms with van der Waals surface area (Å²) in [5, 5.41) is 0. The minimum atomic E-state index is -1.08. The molecule has 0 aliphatic heterocycles. The third kappa shape index (κ3) is 3.98. The van der Waals surface area contributed by atoms with Crippen molar-refractivity contribution in [2.24, 2.45) is 34.0 Å². The van der Waals surface area contributed by atoms with E-state index in [9.17, 15) is 19.2 Å². The van der Waals surface area contributed by atoms with E-state index in [1.165, 1.54) is 0 Å². The van der Waals surface area contributed by atoms with Crippen molar-refractivity contribution in [3.05, 3.63) is 83.9 Å². The highest BCUT2D eigenvalue weighted by molar-refractivity contribution is 6.16. The number of ether oxygens (including phenoxy) is 2. The molecule has 5 fully saturated rings. The Hall–Kier alpha value is -3.54. The molecule has 40 heavy (non-hydrogen) atoms. The largest absolute Gasteiger partial charge is 0.462 e. The van der Waals surface area contributed by atoms with Crippen LogP contribution in [0.2, 0.25) is 0 Å². The molecule has 6 nitrogen and oxygen atoms in total. The van der Waals surface area contributed by atoms with Gasteiger partial charge in [-0.3, -0.25) is 9.59 Å². The molecule has 2 aromatic carbocycles. The van der Waals surface area contributed by atoms with E-state index in [1.807, 2.05) is 12.1 Å². The van der Waals surface area contributed by atoms with Crippen molar-refractivity contribution in [2.45, 2.75) is 51.9 Å². The van der Waals surface area contributed by atoms with E-state index in [0.717, 1.165) is 25.7 Å². The van der Waals surface area contributed by atoms with Crippen LogP contribution in [0.25, 0.3) is 0 Å². The number of hydrogen-bond acceptors (Lipinski definition) is 6. The van der Waals surface area contributed by atoms with Gasteiger partial charge in [-0.25, -0.2) is 9.59 Å². The number of benzene rings is 2. The summed E-state index contributed by atoms with van der Waals surface area (Å²) >= 11 is 0. The zero-order valence-corrected chi connectivity index (χ0v) is 23.0. The van der Waals surface area contributed by atoms with Crippen molar-refractivity contribution in [3.63, 3.8) is 0 Å². The highest BCUT2D eigenvalue weighted by Gasteiger charge is 2.72. The molecule has 2 bridgehead atoms. The lowest BCUT2D eigenvalue weighted by atomic mass is 9.36. The van der Waals surface area contributed by atoms with Crippen molar-refractivity contribution >= 4 is 23.5 Å². The fraction of sp³-hybridized carbons (Fsp3) is 0.471. The lowest BCUT2D eigenvalue weighted by Crippen LogP contribution is -2.69. The second-order valence-corrected chi connectivity index (χ2v) is 12.7. The van der Waals surface area contributed by atoms with Gasteiger partial charge in [-0.15, -0.1) is 0 Å². The number of hydrogen-bond donors (Lipinski definition) is 0. The van der Waals surface area contributed by atoms with E-state index in [-0.39, 0.29) is 49.0 Å². The first-order chi connectivity index (χ1) is 19.2. The Morgan fingerprint density at radius 1 is 0.850 bits per heavy atom. The van der Waals surface area contributed by atoms with Crippen LogP contribution in [0.15, 0.2) is 72.8 Å². The van der Waals surface area contributed by atoms with Crippen molar-refractivity contribution < 1.29 is 28.7 Å². The Bertz CT molecular complexity index is 1370. The van der Waals surface area contributed by atoms with E-state index in [0.29, 0.717) is 29.5 Å². The molecule has 1 spiro atoms. The fourth-order valence-corrected chi connectivity index (χ4v) is 8.72. The Balaban J connectivity index is 1.35. The first-order valence-corrected chi connectivity index (χ1v) is 14.4. The van der Waals surface area contributed by atoms with Gasteiger partial charge in [0, 0.05) is 17.3 Å². The smallest absolute Gasteiger partial charge is 0.338 e. The molecule has 0 radical (unpaired) electrons. The summed E-state index contributed by atoms with van der Waals surface area (Å²) in [6.07, 6.45) is 4.62. The number of allylic oxidation sites excluding steroid dienone is 1. The number of carbonyl (C=O) groups excluding carboxylic acids is 4. The van der Waals surface area contributed by atoms with Gasteiger partial charge in [0.15, 0.2) is 5.78 Å². The second kappa shape index (κ2) is 9.83. The van der Waals surface area contributed by atoms with Crippen molar-refractivity contribution in [1.82, 2.24) is 0 Å². The third-order valence-corrected chi connectivity index (χ3v) is 10.7. The van der Waals surface area contributed by atoms with Crippen LogP contribution in [-0.4, -0.2) is 36.7 Å². The van der Waals surface area contributed by atoms with Gasteiger partial charge in [0.2, 0.25) is 0 Å². The summed E-state index contributed by atoms with van der Waals surface area (Å²) in [4.78, 5) is 53.9. The van der Waals surface area contributed by atoms with Crippen LogP contribution in [0.4, 0.5) is 0 Å². The van der Waals surface area contributed by atoms with Crippen LogP contribution in [0.1, 0.15) is 72.6 Å². The standard InChI is InChI=1S/C34H36O6/c1-22-25-14-17-34(29(22)36)27(18-25)33(21-40-31(38)24-12-7-4-8-13-24)16-9-15-32(2,26(33)19-28(34)35)20-39-30(37)23-10-5-3-6-11-23/h3-8,10-13,25-27H,1,9,14-21H2,2H3/t25-,26?,27?,32-,33-,34+/m0/s1. The van der Waals surface area contributed by atoms with Gasteiger partial charge in [-0.2, -0.15) is 0 Å². The number of fused-ring (bicyclic) bond motifs is 3. The van der Waals surface area contributed by atoms with Crippen molar-refractivity contribution in [1.29, 1.82) is 0 Å². The van der Waals surface area contributed by atoms with Crippen LogP contribution in [0.3, 0.4) is 0 Å². The van der Waals surface area contributed by atoms with Gasteiger partial charge in [-0.05, 0) is 79.7 Å². The monoisotopic (exact) mass is 540 g/mol. The highest BCUT2D eigenvalue weighted by Crippen LogP contribution is 2.70. The normalized spacial score (nSPS) is 34.5. The molecule has 0 amide bonds. The van der Waals surface area contributed by atoms with E-state index < -0.39 is 28.2 Å². The summed E-state index contributed by atoms with van der Waals surface area (Å²) in [5.74, 6) is -1.27. The zero-order valence-electron chi connectivity index (χ0n) is 23.0. The maximum absolute atomic E-state index is 14.1. The number of ketones is 2. The van der Waals surface area contributed by atoms with Crippen LogP contribution in [-0.2, 0) is 19.1 Å². The molecule has 0 saturated heterocycles. The summed E-state index contributed by atoms with van der Waals surface area (Å²) in [6.45, 7) is 6.50. The number of esters is 2. The molecule has 0 heterocycles. The number of rotatable bonds is 6. The molecule has 5 saturated carbocycles. The Morgan fingerprint density at radius 2 is 1.45 bits per heavy atom. The predicted octanol–water partition coefficient (Wildman–Crippen LogP) is 6.01. The molecule has 6 atom stereocenters. The van der Waals surface area contributed by atoms with Crippen LogP contribution < -0.4 is 0 Å². The fourth-order valence-electron chi connectivity index (χ4n) is 8.72. The predicted molar refractivity (Wildman–Crippen MR) is 148 cm³/mol. The molecule has 208 valence electrons. The molecule has 5 aliphatic rings. The van der Waals surface area contributed by atoms with Gasteiger partial charge in [0.05, 0.1) is 29.8 Å². The Labute approximate surface area is 235 Å². The lowest BCUT2D eigenvalue weighted by molar-refractivity contribution is -0.200.